The van der Waals surface area contributed by atoms with Crippen LogP contribution in [-0.2, 0) is 17.8 Å². The monoisotopic (exact) mass is 479 g/mol. The van der Waals surface area contributed by atoms with Crippen LogP contribution >= 0.6 is 0 Å². The minimum Gasteiger partial charge on any atom is -0.493 e. The number of carbonyl (C=O) groups excluding carboxylic acids is 1. The zero-order valence-electron chi connectivity index (χ0n) is 21.2. The van der Waals surface area contributed by atoms with Crippen LogP contribution in [0.5, 0.6) is 17.2 Å². The quantitative estimate of drug-likeness (QED) is 0.607. The van der Waals surface area contributed by atoms with Crippen molar-refractivity contribution in [2.75, 3.05) is 60.6 Å². The van der Waals surface area contributed by atoms with Crippen LogP contribution in [0.2, 0.25) is 0 Å². The van der Waals surface area contributed by atoms with Crippen molar-refractivity contribution in [1.82, 2.24) is 14.7 Å². The second-order valence-electron chi connectivity index (χ2n) is 9.86. The van der Waals surface area contributed by atoms with E-state index in [1.807, 2.05) is 12.1 Å². The van der Waals surface area contributed by atoms with Gasteiger partial charge in [-0.05, 0) is 53.6 Å². The molecule has 0 unspecified atom stereocenters. The first-order valence-corrected chi connectivity index (χ1v) is 12.8. The molecule has 35 heavy (non-hydrogen) atoms. The molecular weight excluding hydrogens is 442 g/mol. The van der Waals surface area contributed by atoms with E-state index in [-0.39, 0.29) is 5.91 Å². The van der Waals surface area contributed by atoms with Gasteiger partial charge in [0.1, 0.15) is 0 Å². The maximum atomic E-state index is 13.0. The molecule has 3 aliphatic rings. The SMILES string of the molecule is COc1cc(-c2ccc3c(c2)CCN(CC(=O)N2CCN(C4CCC4)CC2)C3)cc(OC)c1OC. The van der Waals surface area contributed by atoms with Crippen LogP contribution in [0.15, 0.2) is 30.3 Å². The van der Waals surface area contributed by atoms with Crippen molar-refractivity contribution >= 4 is 5.91 Å². The molecule has 7 heteroatoms. The van der Waals surface area contributed by atoms with Gasteiger partial charge in [0.05, 0.1) is 27.9 Å². The summed E-state index contributed by atoms with van der Waals surface area (Å²) in [4.78, 5) is 19.9. The maximum absolute atomic E-state index is 13.0. The van der Waals surface area contributed by atoms with Crippen molar-refractivity contribution in [3.05, 3.63) is 41.5 Å². The highest BCUT2D eigenvalue weighted by molar-refractivity contribution is 5.78. The Morgan fingerprint density at radius 2 is 1.57 bits per heavy atom. The van der Waals surface area contributed by atoms with Crippen molar-refractivity contribution in [2.24, 2.45) is 0 Å². The van der Waals surface area contributed by atoms with Crippen LogP contribution in [0.3, 0.4) is 0 Å². The van der Waals surface area contributed by atoms with Crippen molar-refractivity contribution < 1.29 is 19.0 Å². The highest BCUT2D eigenvalue weighted by Crippen LogP contribution is 2.41. The highest BCUT2D eigenvalue weighted by atomic mass is 16.5. The van der Waals surface area contributed by atoms with Crippen molar-refractivity contribution in [2.45, 2.75) is 38.3 Å². The molecule has 0 aromatic heterocycles. The third-order valence-corrected chi connectivity index (χ3v) is 7.91. The number of rotatable bonds is 7. The van der Waals surface area contributed by atoms with Crippen LogP contribution in [0, 0.1) is 0 Å². The van der Waals surface area contributed by atoms with Gasteiger partial charge in [0.15, 0.2) is 11.5 Å². The minimum atomic E-state index is 0.274. The molecule has 1 aliphatic carbocycles. The Bertz CT molecular complexity index is 1040. The van der Waals surface area contributed by atoms with Gasteiger partial charge in [0.2, 0.25) is 11.7 Å². The second kappa shape index (κ2) is 10.5. The van der Waals surface area contributed by atoms with Crippen LogP contribution < -0.4 is 14.2 Å². The third-order valence-electron chi connectivity index (χ3n) is 7.91. The normalized spacial score (nSPS) is 19.1. The summed E-state index contributed by atoms with van der Waals surface area (Å²) in [6.07, 6.45) is 4.98. The standard InChI is InChI=1S/C28H37N3O4/c1-33-25-16-23(17-26(34-2)28(25)35-3)20-7-8-22-18-29(10-9-21(22)15-20)19-27(32)31-13-11-30(12-14-31)24-5-4-6-24/h7-8,15-17,24H,4-6,9-14,18-19H2,1-3H3. The molecule has 1 saturated carbocycles. The Hall–Kier alpha value is -2.77. The Morgan fingerprint density at radius 1 is 0.857 bits per heavy atom. The van der Waals surface area contributed by atoms with Gasteiger partial charge in [-0.25, -0.2) is 0 Å². The highest BCUT2D eigenvalue weighted by Gasteiger charge is 2.30. The van der Waals surface area contributed by atoms with E-state index in [0.29, 0.717) is 23.8 Å². The summed E-state index contributed by atoms with van der Waals surface area (Å²) in [5.41, 5.74) is 4.79. The molecule has 2 fully saturated rings. The van der Waals surface area contributed by atoms with Crippen molar-refractivity contribution in [3.63, 3.8) is 0 Å². The van der Waals surface area contributed by atoms with Gasteiger partial charge in [0, 0.05) is 45.3 Å². The van der Waals surface area contributed by atoms with E-state index < -0.39 is 0 Å². The van der Waals surface area contributed by atoms with Crippen LogP contribution in [0.1, 0.15) is 30.4 Å². The van der Waals surface area contributed by atoms with E-state index in [1.165, 1.54) is 30.4 Å². The van der Waals surface area contributed by atoms with Crippen LogP contribution in [-0.4, -0.2) is 87.2 Å². The summed E-state index contributed by atoms with van der Waals surface area (Å²) < 4.78 is 16.5. The molecule has 0 radical (unpaired) electrons. The smallest absolute Gasteiger partial charge is 0.236 e. The molecule has 0 N–H and O–H groups in total. The van der Waals surface area contributed by atoms with Gasteiger partial charge in [-0.3, -0.25) is 14.6 Å². The zero-order chi connectivity index (χ0) is 24.4. The van der Waals surface area contributed by atoms with Gasteiger partial charge in [-0.15, -0.1) is 0 Å². The second-order valence-corrected chi connectivity index (χ2v) is 9.86. The number of nitrogens with zero attached hydrogens (tertiary/aromatic N) is 3. The van der Waals surface area contributed by atoms with Crippen molar-refractivity contribution in [1.29, 1.82) is 0 Å². The zero-order valence-corrected chi connectivity index (χ0v) is 21.2. The fourth-order valence-electron chi connectivity index (χ4n) is 5.55. The lowest BCUT2D eigenvalue weighted by Gasteiger charge is -2.43. The average Bonchev–Trinajstić information content (AvgIpc) is 2.86. The summed E-state index contributed by atoms with van der Waals surface area (Å²) in [7, 11) is 4.89. The minimum absolute atomic E-state index is 0.274. The van der Waals surface area contributed by atoms with E-state index >= 15 is 0 Å². The number of carbonyl (C=O) groups is 1. The fraction of sp³-hybridized carbons (Fsp3) is 0.536. The van der Waals surface area contributed by atoms with E-state index in [1.54, 1.807) is 21.3 Å². The first kappa shape index (κ1) is 23.9. The largest absolute Gasteiger partial charge is 0.493 e. The summed E-state index contributed by atoms with van der Waals surface area (Å²) in [5.74, 6) is 2.17. The predicted molar refractivity (Wildman–Crippen MR) is 136 cm³/mol. The number of methoxy groups -OCH3 is 3. The van der Waals surface area contributed by atoms with Crippen LogP contribution in [0.4, 0.5) is 0 Å². The number of hydrogen-bond acceptors (Lipinski definition) is 6. The van der Waals surface area contributed by atoms with E-state index in [9.17, 15) is 4.79 Å². The molecule has 5 rings (SSSR count). The Morgan fingerprint density at radius 3 is 2.17 bits per heavy atom. The van der Waals surface area contributed by atoms with Gasteiger partial charge in [0.25, 0.3) is 0 Å². The lowest BCUT2D eigenvalue weighted by atomic mass is 9.91. The Balaban J connectivity index is 1.22. The van der Waals surface area contributed by atoms with E-state index in [4.69, 9.17) is 14.2 Å². The fourth-order valence-corrected chi connectivity index (χ4v) is 5.55. The first-order valence-electron chi connectivity index (χ1n) is 12.8. The number of ether oxygens (including phenoxy) is 3. The number of piperazine rings is 1. The Labute approximate surface area is 208 Å². The lowest BCUT2D eigenvalue weighted by molar-refractivity contribution is -0.135. The van der Waals surface area contributed by atoms with Gasteiger partial charge in [-0.1, -0.05) is 24.6 Å². The summed E-state index contributed by atoms with van der Waals surface area (Å²) >= 11 is 0. The lowest BCUT2D eigenvalue weighted by Crippen LogP contribution is -2.55. The number of benzene rings is 2. The maximum Gasteiger partial charge on any atom is 0.236 e. The molecule has 0 spiro atoms. The molecule has 2 aromatic carbocycles. The van der Waals surface area contributed by atoms with E-state index in [2.05, 4.69) is 32.9 Å². The molecule has 2 aromatic rings. The molecule has 1 saturated heterocycles. The van der Waals surface area contributed by atoms with Gasteiger partial charge >= 0.3 is 0 Å². The van der Waals surface area contributed by atoms with E-state index in [0.717, 1.165) is 62.9 Å². The summed E-state index contributed by atoms with van der Waals surface area (Å²) in [6, 6.07) is 11.3. The predicted octanol–water partition coefficient (Wildman–Crippen LogP) is 3.43. The average molecular weight is 480 g/mol. The first-order chi connectivity index (χ1) is 17.1. The van der Waals surface area contributed by atoms with Gasteiger partial charge < -0.3 is 19.1 Å². The number of hydrogen-bond donors (Lipinski definition) is 0. The molecule has 0 bridgehead atoms. The summed E-state index contributed by atoms with van der Waals surface area (Å²) in [5, 5.41) is 0. The summed E-state index contributed by atoms with van der Waals surface area (Å²) in [6.45, 7) is 6.04. The van der Waals surface area contributed by atoms with Crippen molar-refractivity contribution in [3.8, 4) is 28.4 Å². The molecule has 7 nitrogen and oxygen atoms in total. The molecule has 1 amide bonds. The molecule has 188 valence electrons. The number of amides is 1. The number of fused-ring (bicyclic) bond motifs is 1. The van der Waals surface area contributed by atoms with Gasteiger partial charge in [-0.2, -0.15) is 0 Å². The molecule has 0 atom stereocenters. The van der Waals surface area contributed by atoms with Crippen LogP contribution in [0.25, 0.3) is 11.1 Å². The molecule has 2 heterocycles. The third kappa shape index (κ3) is 4.98. The topological polar surface area (TPSA) is 54.5 Å². The Kier molecular flexibility index (Phi) is 7.16. The molecular formula is C28H37N3O4. The molecule has 2 aliphatic heterocycles.